The average Bonchev–Trinajstić information content (AvgIpc) is 2.28. The van der Waals surface area contributed by atoms with Gasteiger partial charge in [-0.3, -0.25) is 9.48 Å². The molecule has 13 heavy (non-hydrogen) atoms. The van der Waals surface area contributed by atoms with Crippen molar-refractivity contribution < 1.29 is 9.90 Å². The van der Waals surface area contributed by atoms with Crippen molar-refractivity contribution in [1.29, 1.82) is 0 Å². The summed E-state index contributed by atoms with van der Waals surface area (Å²) in [4.78, 5) is 10.5. The lowest BCUT2D eigenvalue weighted by atomic mass is 10.0. The van der Waals surface area contributed by atoms with Gasteiger partial charge in [0.25, 0.3) is 0 Å². The summed E-state index contributed by atoms with van der Waals surface area (Å²) in [6, 6.07) is 1.84. The maximum absolute atomic E-state index is 10.5. The van der Waals surface area contributed by atoms with Crippen molar-refractivity contribution in [3.8, 4) is 0 Å². The molecule has 72 valence electrons. The molecule has 1 aromatic heterocycles. The summed E-state index contributed by atoms with van der Waals surface area (Å²) >= 11 is 3.24. The molecule has 0 radical (unpaired) electrons. The van der Waals surface area contributed by atoms with Crippen molar-refractivity contribution in [1.82, 2.24) is 9.78 Å². The third kappa shape index (κ3) is 2.55. The van der Waals surface area contributed by atoms with Gasteiger partial charge in [-0.25, -0.2) is 0 Å². The summed E-state index contributed by atoms with van der Waals surface area (Å²) in [5, 5.41) is 12.7. The molecule has 0 saturated heterocycles. The molecular weight excluding hydrogens is 236 g/mol. The average molecular weight is 247 g/mol. The molecule has 1 atom stereocenters. The first-order valence-electron chi connectivity index (χ1n) is 3.92. The van der Waals surface area contributed by atoms with Crippen molar-refractivity contribution in [2.24, 2.45) is 7.05 Å². The van der Waals surface area contributed by atoms with E-state index in [1.165, 1.54) is 0 Å². The monoisotopic (exact) mass is 246 g/mol. The highest BCUT2D eigenvalue weighted by Gasteiger charge is 2.14. The molecule has 0 aromatic carbocycles. The number of carboxylic acid groups (broad SMARTS) is 1. The van der Waals surface area contributed by atoms with E-state index in [0.29, 0.717) is 0 Å². The van der Waals surface area contributed by atoms with Crippen LogP contribution in [0.2, 0.25) is 0 Å². The molecule has 0 aliphatic rings. The first-order chi connectivity index (χ1) is 6.00. The number of hydrogen-bond donors (Lipinski definition) is 1. The van der Waals surface area contributed by atoms with Gasteiger partial charge in [-0.05, 0) is 22.0 Å². The van der Waals surface area contributed by atoms with Crippen LogP contribution in [0.15, 0.2) is 10.7 Å². The largest absolute Gasteiger partial charge is 0.481 e. The van der Waals surface area contributed by atoms with Gasteiger partial charge in [-0.15, -0.1) is 0 Å². The SMILES string of the molecule is CC(CC(=O)O)c1cc(Br)nn1C. The van der Waals surface area contributed by atoms with E-state index in [4.69, 9.17) is 5.11 Å². The standard InChI is InChI=1S/C8H11BrN2O2/c1-5(3-8(12)13)6-4-7(9)10-11(6)2/h4-5H,3H2,1-2H3,(H,12,13). The van der Waals surface area contributed by atoms with Crippen LogP contribution in [0.5, 0.6) is 0 Å². The molecule has 1 unspecified atom stereocenters. The Morgan fingerprint density at radius 3 is 2.85 bits per heavy atom. The molecule has 0 aliphatic carbocycles. The number of aromatic nitrogens is 2. The lowest BCUT2D eigenvalue weighted by Crippen LogP contribution is -2.07. The molecule has 1 rings (SSSR count). The quantitative estimate of drug-likeness (QED) is 0.885. The van der Waals surface area contributed by atoms with Gasteiger partial charge in [-0.2, -0.15) is 5.10 Å². The van der Waals surface area contributed by atoms with Crippen LogP contribution in [0.3, 0.4) is 0 Å². The van der Waals surface area contributed by atoms with Crippen LogP contribution in [0.1, 0.15) is 25.0 Å². The van der Waals surface area contributed by atoms with E-state index in [0.717, 1.165) is 10.3 Å². The highest BCUT2D eigenvalue weighted by molar-refractivity contribution is 9.10. The third-order valence-corrected chi connectivity index (χ3v) is 2.26. The van der Waals surface area contributed by atoms with Crippen molar-refractivity contribution in [3.63, 3.8) is 0 Å². The Morgan fingerprint density at radius 1 is 1.85 bits per heavy atom. The van der Waals surface area contributed by atoms with E-state index in [9.17, 15) is 4.79 Å². The molecule has 0 aliphatic heterocycles. The summed E-state index contributed by atoms with van der Waals surface area (Å²) in [5.41, 5.74) is 0.925. The minimum atomic E-state index is -0.787. The number of carboxylic acids is 1. The molecule has 5 heteroatoms. The van der Waals surface area contributed by atoms with Gasteiger partial charge in [-0.1, -0.05) is 6.92 Å². The van der Waals surface area contributed by atoms with Crippen LogP contribution in [0, 0.1) is 0 Å². The smallest absolute Gasteiger partial charge is 0.304 e. The number of aliphatic carboxylic acids is 1. The van der Waals surface area contributed by atoms with Crippen LogP contribution in [0.25, 0.3) is 0 Å². The Kier molecular flexibility index (Phi) is 3.08. The van der Waals surface area contributed by atoms with Crippen LogP contribution in [-0.2, 0) is 11.8 Å². The van der Waals surface area contributed by atoms with Crippen LogP contribution < -0.4 is 0 Å². The summed E-state index contributed by atoms with van der Waals surface area (Å²) in [6.07, 6.45) is 0.131. The topological polar surface area (TPSA) is 55.1 Å². The van der Waals surface area contributed by atoms with Gasteiger partial charge in [0.1, 0.15) is 4.60 Å². The summed E-state index contributed by atoms with van der Waals surface area (Å²) in [5.74, 6) is -0.800. The van der Waals surface area contributed by atoms with Gasteiger partial charge < -0.3 is 5.11 Å². The zero-order chi connectivity index (χ0) is 10.0. The van der Waals surface area contributed by atoms with E-state index >= 15 is 0 Å². The van der Waals surface area contributed by atoms with E-state index in [-0.39, 0.29) is 12.3 Å². The summed E-state index contributed by atoms with van der Waals surface area (Å²) < 4.78 is 2.43. The zero-order valence-corrected chi connectivity index (χ0v) is 9.08. The Morgan fingerprint density at radius 2 is 2.46 bits per heavy atom. The molecule has 0 fully saturated rings. The molecule has 0 bridgehead atoms. The lowest BCUT2D eigenvalue weighted by Gasteiger charge is -2.07. The predicted molar refractivity (Wildman–Crippen MR) is 51.6 cm³/mol. The van der Waals surface area contributed by atoms with Crippen molar-refractivity contribution in [3.05, 3.63) is 16.4 Å². The molecule has 0 spiro atoms. The first-order valence-corrected chi connectivity index (χ1v) is 4.71. The molecule has 0 saturated carbocycles. The second kappa shape index (κ2) is 3.91. The fourth-order valence-electron chi connectivity index (χ4n) is 1.27. The number of nitrogens with zero attached hydrogens (tertiary/aromatic N) is 2. The molecule has 0 amide bonds. The van der Waals surface area contributed by atoms with Gasteiger partial charge in [0.15, 0.2) is 0 Å². The maximum atomic E-state index is 10.5. The number of hydrogen-bond acceptors (Lipinski definition) is 2. The van der Waals surface area contributed by atoms with Crippen LogP contribution in [0.4, 0.5) is 0 Å². The Balaban J connectivity index is 2.81. The summed E-state index contributed by atoms with van der Waals surface area (Å²) in [6.45, 7) is 1.87. The second-order valence-corrected chi connectivity index (χ2v) is 3.83. The van der Waals surface area contributed by atoms with E-state index in [2.05, 4.69) is 21.0 Å². The van der Waals surface area contributed by atoms with Crippen molar-refractivity contribution in [2.45, 2.75) is 19.3 Å². The molecule has 1 N–H and O–H groups in total. The Bertz CT molecular complexity index is 322. The first kappa shape index (κ1) is 10.2. The van der Waals surface area contributed by atoms with E-state index in [1.807, 2.05) is 13.0 Å². The number of carbonyl (C=O) groups is 1. The van der Waals surface area contributed by atoms with Crippen LogP contribution >= 0.6 is 15.9 Å². The highest BCUT2D eigenvalue weighted by Crippen LogP contribution is 2.21. The van der Waals surface area contributed by atoms with Gasteiger partial charge in [0.05, 0.1) is 6.42 Å². The minimum Gasteiger partial charge on any atom is -0.481 e. The molecule has 4 nitrogen and oxygen atoms in total. The number of aryl methyl sites for hydroxylation is 1. The Hall–Kier alpha value is -0.840. The Labute approximate surface area is 84.7 Å². The van der Waals surface area contributed by atoms with Crippen LogP contribution in [-0.4, -0.2) is 20.9 Å². The van der Waals surface area contributed by atoms with Gasteiger partial charge in [0.2, 0.25) is 0 Å². The van der Waals surface area contributed by atoms with E-state index < -0.39 is 5.97 Å². The number of rotatable bonds is 3. The van der Waals surface area contributed by atoms with E-state index in [1.54, 1.807) is 11.7 Å². The fourth-order valence-corrected chi connectivity index (χ4v) is 1.75. The normalized spacial score (nSPS) is 12.8. The van der Waals surface area contributed by atoms with Gasteiger partial charge in [0, 0.05) is 18.7 Å². The summed E-state index contributed by atoms with van der Waals surface area (Å²) in [7, 11) is 1.80. The fraction of sp³-hybridized carbons (Fsp3) is 0.500. The zero-order valence-electron chi connectivity index (χ0n) is 7.49. The lowest BCUT2D eigenvalue weighted by molar-refractivity contribution is -0.137. The predicted octanol–water partition coefficient (Wildman–Crippen LogP) is 1.76. The second-order valence-electron chi connectivity index (χ2n) is 3.01. The molecular formula is C8H11BrN2O2. The third-order valence-electron chi connectivity index (χ3n) is 1.87. The highest BCUT2D eigenvalue weighted by atomic mass is 79.9. The van der Waals surface area contributed by atoms with Crippen molar-refractivity contribution in [2.75, 3.05) is 0 Å². The minimum absolute atomic E-state index is 0.0127. The molecule has 1 heterocycles. The molecule has 1 aromatic rings. The van der Waals surface area contributed by atoms with Crippen molar-refractivity contribution >= 4 is 21.9 Å². The van der Waals surface area contributed by atoms with Gasteiger partial charge >= 0.3 is 5.97 Å². The number of halogens is 1. The maximum Gasteiger partial charge on any atom is 0.304 e.